The smallest absolute Gasteiger partial charge is 0.270 e. The van der Waals surface area contributed by atoms with E-state index in [0.29, 0.717) is 12.6 Å². The Bertz CT molecular complexity index is 497. The van der Waals surface area contributed by atoms with Gasteiger partial charge in [0, 0.05) is 36.0 Å². The van der Waals surface area contributed by atoms with Crippen molar-refractivity contribution in [2.45, 2.75) is 25.3 Å². The fourth-order valence-electron chi connectivity index (χ4n) is 2.47. The number of anilines is 1. The zero-order chi connectivity index (χ0) is 14.7. The fourth-order valence-corrected chi connectivity index (χ4v) is 2.47. The van der Waals surface area contributed by atoms with E-state index < -0.39 is 11.3 Å². The quantitative estimate of drug-likeness (QED) is 0.667. The molecule has 1 N–H and O–H groups in total. The third-order valence-corrected chi connectivity index (χ3v) is 3.68. The highest BCUT2D eigenvalue weighted by Gasteiger charge is 2.22. The van der Waals surface area contributed by atoms with Gasteiger partial charge < -0.3 is 10.2 Å². The van der Waals surface area contributed by atoms with Crippen LogP contribution in [0.3, 0.4) is 0 Å². The first-order chi connectivity index (χ1) is 9.49. The second kappa shape index (κ2) is 6.13. The van der Waals surface area contributed by atoms with Crippen molar-refractivity contribution in [1.82, 2.24) is 4.90 Å². The molecule has 1 atom stereocenters. The van der Waals surface area contributed by atoms with Crippen LogP contribution in [0.2, 0.25) is 0 Å². The summed E-state index contributed by atoms with van der Waals surface area (Å²) in [7, 11) is 2.00. The summed E-state index contributed by atoms with van der Waals surface area (Å²) in [6, 6.07) is 3.85. The van der Waals surface area contributed by atoms with Crippen LogP contribution in [0.25, 0.3) is 0 Å². The Labute approximate surface area is 115 Å². The lowest BCUT2D eigenvalue weighted by atomic mass is 10.1. The molecule has 20 heavy (non-hydrogen) atoms. The molecule has 2 rings (SSSR count). The molecule has 0 bridgehead atoms. The second-order valence-electron chi connectivity index (χ2n) is 4.99. The van der Waals surface area contributed by atoms with E-state index in [4.69, 9.17) is 0 Å². The number of likely N-dealkylation sites (N-methyl/N-ethyl adjacent to an activating group) is 1. The summed E-state index contributed by atoms with van der Waals surface area (Å²) in [5.74, 6) is 0. The molecule has 0 aliphatic carbocycles. The first-order valence-corrected chi connectivity index (χ1v) is 6.49. The molecule has 5 nitrogen and oxygen atoms in total. The van der Waals surface area contributed by atoms with Gasteiger partial charge in [-0.15, -0.1) is 0 Å². The minimum atomic E-state index is -2.74. The number of halogens is 2. The van der Waals surface area contributed by atoms with E-state index in [1.165, 1.54) is 12.1 Å². The molecule has 1 unspecified atom stereocenters. The van der Waals surface area contributed by atoms with Crippen molar-refractivity contribution in [2.75, 3.05) is 25.5 Å². The van der Waals surface area contributed by atoms with Crippen LogP contribution in [0.15, 0.2) is 18.2 Å². The van der Waals surface area contributed by atoms with Crippen molar-refractivity contribution >= 4 is 11.4 Å². The number of non-ortho nitro benzene ring substituents is 1. The highest BCUT2D eigenvalue weighted by Crippen LogP contribution is 2.31. The van der Waals surface area contributed by atoms with Crippen LogP contribution in [0, 0.1) is 10.1 Å². The fraction of sp³-hybridized carbons (Fsp3) is 0.538. The number of likely N-dealkylation sites (tertiary alicyclic amines) is 1. The van der Waals surface area contributed by atoms with Gasteiger partial charge in [0.25, 0.3) is 12.1 Å². The average Bonchev–Trinajstić information content (AvgIpc) is 2.81. The average molecular weight is 285 g/mol. The Morgan fingerprint density at radius 3 is 2.85 bits per heavy atom. The molecule has 1 fully saturated rings. The Balaban J connectivity index is 2.12. The number of nitro groups is 1. The molecule has 0 radical (unpaired) electrons. The lowest BCUT2D eigenvalue weighted by Gasteiger charge is -2.21. The third kappa shape index (κ3) is 3.22. The van der Waals surface area contributed by atoms with Crippen LogP contribution in [0.1, 0.15) is 24.8 Å². The summed E-state index contributed by atoms with van der Waals surface area (Å²) < 4.78 is 26.0. The largest absolute Gasteiger partial charge is 0.383 e. The molecular formula is C13H17F2N3O2. The molecule has 1 aliphatic rings. The summed E-state index contributed by atoms with van der Waals surface area (Å²) in [6.45, 7) is 1.57. The number of nitro benzene ring substituents is 1. The van der Waals surface area contributed by atoms with Crippen LogP contribution < -0.4 is 5.32 Å². The first-order valence-electron chi connectivity index (χ1n) is 6.49. The van der Waals surface area contributed by atoms with Crippen LogP contribution in [0.4, 0.5) is 20.2 Å². The van der Waals surface area contributed by atoms with Crippen LogP contribution in [-0.4, -0.2) is 36.0 Å². The topological polar surface area (TPSA) is 58.4 Å². The lowest BCUT2D eigenvalue weighted by molar-refractivity contribution is -0.385. The minimum absolute atomic E-state index is 0.269. The summed E-state index contributed by atoms with van der Waals surface area (Å²) in [5, 5.41) is 13.6. The zero-order valence-corrected chi connectivity index (χ0v) is 11.2. The Morgan fingerprint density at radius 1 is 1.55 bits per heavy atom. The van der Waals surface area contributed by atoms with Gasteiger partial charge in [-0.2, -0.15) is 0 Å². The standard InChI is InChI=1S/C13H17F2N3O2/c1-17-6-2-3-10(17)8-16-12-5-4-9(18(19)20)7-11(12)13(14)15/h4-5,7,10,13,16H,2-3,6,8H2,1H3. The Hall–Kier alpha value is -1.76. The monoisotopic (exact) mass is 285 g/mol. The van der Waals surface area contributed by atoms with E-state index in [0.717, 1.165) is 25.5 Å². The SMILES string of the molecule is CN1CCCC1CNc1ccc([N+](=O)[O-])cc1C(F)F. The molecule has 110 valence electrons. The summed E-state index contributed by atoms with van der Waals surface area (Å²) in [6.07, 6.45) is -0.607. The molecule has 0 aromatic heterocycles. The van der Waals surface area contributed by atoms with E-state index >= 15 is 0 Å². The van der Waals surface area contributed by atoms with Crippen molar-refractivity contribution in [3.63, 3.8) is 0 Å². The maximum Gasteiger partial charge on any atom is 0.270 e. The van der Waals surface area contributed by atoms with Gasteiger partial charge in [0.2, 0.25) is 0 Å². The van der Waals surface area contributed by atoms with Crippen molar-refractivity contribution in [2.24, 2.45) is 0 Å². The number of nitrogens with one attached hydrogen (secondary N) is 1. The van der Waals surface area contributed by atoms with Gasteiger partial charge in [-0.25, -0.2) is 8.78 Å². The predicted molar refractivity (Wildman–Crippen MR) is 72.2 cm³/mol. The number of nitrogens with zero attached hydrogens (tertiary/aromatic N) is 2. The lowest BCUT2D eigenvalue weighted by Crippen LogP contribution is -2.31. The normalized spacial score (nSPS) is 19.5. The van der Waals surface area contributed by atoms with E-state index in [1.54, 1.807) is 0 Å². The molecule has 1 saturated heterocycles. The highest BCUT2D eigenvalue weighted by molar-refractivity contribution is 5.56. The van der Waals surface area contributed by atoms with Crippen molar-refractivity contribution in [1.29, 1.82) is 0 Å². The first kappa shape index (κ1) is 14.6. The van der Waals surface area contributed by atoms with E-state index in [1.807, 2.05) is 7.05 Å². The maximum atomic E-state index is 13.0. The van der Waals surface area contributed by atoms with E-state index in [9.17, 15) is 18.9 Å². The van der Waals surface area contributed by atoms with Crippen molar-refractivity contribution < 1.29 is 13.7 Å². The number of hydrogen-bond acceptors (Lipinski definition) is 4. The second-order valence-corrected chi connectivity index (χ2v) is 4.99. The van der Waals surface area contributed by atoms with Crippen molar-refractivity contribution in [3.05, 3.63) is 33.9 Å². The Kier molecular flexibility index (Phi) is 4.49. The Morgan fingerprint density at radius 2 is 2.30 bits per heavy atom. The zero-order valence-electron chi connectivity index (χ0n) is 11.2. The molecule has 1 heterocycles. The highest BCUT2D eigenvalue weighted by atomic mass is 19.3. The van der Waals surface area contributed by atoms with Gasteiger partial charge in [-0.05, 0) is 32.5 Å². The summed E-state index contributed by atoms with van der Waals surface area (Å²) in [5.41, 5.74) is -0.366. The molecule has 0 saturated carbocycles. The van der Waals surface area contributed by atoms with Crippen LogP contribution >= 0.6 is 0 Å². The molecular weight excluding hydrogens is 268 g/mol. The number of rotatable bonds is 5. The van der Waals surface area contributed by atoms with Gasteiger partial charge >= 0.3 is 0 Å². The van der Waals surface area contributed by atoms with Gasteiger partial charge in [-0.3, -0.25) is 10.1 Å². The van der Waals surface area contributed by atoms with Gasteiger partial charge in [-0.1, -0.05) is 0 Å². The van der Waals surface area contributed by atoms with Crippen LogP contribution in [0.5, 0.6) is 0 Å². The van der Waals surface area contributed by atoms with E-state index in [-0.39, 0.29) is 16.9 Å². The maximum absolute atomic E-state index is 13.0. The van der Waals surface area contributed by atoms with Gasteiger partial charge in [0.1, 0.15) is 0 Å². The molecule has 1 aliphatic heterocycles. The van der Waals surface area contributed by atoms with E-state index in [2.05, 4.69) is 10.2 Å². The molecule has 7 heteroatoms. The summed E-state index contributed by atoms with van der Waals surface area (Å²) in [4.78, 5) is 12.1. The number of hydrogen-bond donors (Lipinski definition) is 1. The van der Waals surface area contributed by atoms with Crippen LogP contribution in [-0.2, 0) is 0 Å². The van der Waals surface area contributed by atoms with Gasteiger partial charge in [0.05, 0.1) is 4.92 Å². The minimum Gasteiger partial charge on any atom is -0.383 e. The molecule has 0 amide bonds. The molecule has 1 aromatic carbocycles. The predicted octanol–water partition coefficient (Wildman–Crippen LogP) is 3.04. The number of alkyl halides is 2. The third-order valence-electron chi connectivity index (χ3n) is 3.68. The van der Waals surface area contributed by atoms with Crippen molar-refractivity contribution in [3.8, 4) is 0 Å². The molecule has 0 spiro atoms. The summed E-state index contributed by atoms with van der Waals surface area (Å²) >= 11 is 0. The number of benzene rings is 1. The van der Waals surface area contributed by atoms with Gasteiger partial charge in [0.15, 0.2) is 0 Å². The molecule has 1 aromatic rings.